The zero-order valence-electron chi connectivity index (χ0n) is 9.11. The molecule has 0 aromatic carbocycles. The first-order chi connectivity index (χ1) is 7.08. The number of hydrogen-bond donors (Lipinski definition) is 1. The quantitative estimate of drug-likeness (QED) is 0.867. The largest absolute Gasteiger partial charge is 0.326 e. The molecule has 1 aromatic heterocycles. The summed E-state index contributed by atoms with van der Waals surface area (Å²) in [7, 11) is 0. The van der Waals surface area contributed by atoms with Gasteiger partial charge in [0.15, 0.2) is 0 Å². The molecule has 15 heavy (non-hydrogen) atoms. The summed E-state index contributed by atoms with van der Waals surface area (Å²) < 4.78 is 0.869. The van der Waals surface area contributed by atoms with Crippen LogP contribution in [0, 0.1) is 5.92 Å². The molecule has 2 rings (SSSR count). The van der Waals surface area contributed by atoms with Crippen LogP contribution < -0.4 is 5.73 Å². The zero-order valence-corrected chi connectivity index (χ0v) is 10.7. The van der Waals surface area contributed by atoms with E-state index in [1.807, 2.05) is 6.07 Å². The van der Waals surface area contributed by atoms with E-state index in [0.29, 0.717) is 18.0 Å². The van der Waals surface area contributed by atoms with Crippen molar-refractivity contribution in [2.75, 3.05) is 13.1 Å². The van der Waals surface area contributed by atoms with Crippen molar-refractivity contribution in [2.24, 2.45) is 11.7 Å². The van der Waals surface area contributed by atoms with Crippen LogP contribution in [0.5, 0.6) is 0 Å². The number of nitrogens with two attached hydrogens (primary N) is 1. The van der Waals surface area contributed by atoms with Crippen LogP contribution in [0.15, 0.2) is 12.1 Å². The first-order valence-corrected chi connectivity index (χ1v) is 6.52. The molecule has 84 valence electrons. The van der Waals surface area contributed by atoms with E-state index in [1.165, 1.54) is 4.88 Å². The Morgan fingerprint density at radius 2 is 2.27 bits per heavy atom. The van der Waals surface area contributed by atoms with Crippen LogP contribution in [0.1, 0.15) is 24.8 Å². The molecule has 4 heteroatoms. The molecular formula is C11H17ClN2S. The molecule has 0 amide bonds. The lowest BCUT2D eigenvalue weighted by molar-refractivity contribution is 0.257. The van der Waals surface area contributed by atoms with Crippen molar-refractivity contribution in [3.05, 3.63) is 21.3 Å². The maximum absolute atomic E-state index is 6.03. The van der Waals surface area contributed by atoms with Crippen LogP contribution in [0.25, 0.3) is 0 Å². The molecule has 2 N–H and O–H groups in total. The van der Waals surface area contributed by atoms with E-state index in [-0.39, 0.29) is 0 Å². The third-order valence-corrected chi connectivity index (χ3v) is 4.65. The van der Waals surface area contributed by atoms with Gasteiger partial charge in [-0.2, -0.15) is 0 Å². The Labute approximate surface area is 100 Å². The Hall–Kier alpha value is -0.0900. The monoisotopic (exact) mass is 244 g/mol. The van der Waals surface area contributed by atoms with Gasteiger partial charge in [0.05, 0.1) is 4.34 Å². The lowest BCUT2D eigenvalue weighted by atomic mass is 10.1. The van der Waals surface area contributed by atoms with Gasteiger partial charge in [-0.1, -0.05) is 18.5 Å². The van der Waals surface area contributed by atoms with Crippen molar-refractivity contribution in [1.82, 2.24) is 4.90 Å². The van der Waals surface area contributed by atoms with Crippen LogP contribution in [-0.2, 0) is 0 Å². The highest BCUT2D eigenvalue weighted by Crippen LogP contribution is 2.32. The molecular weight excluding hydrogens is 228 g/mol. The molecule has 0 radical (unpaired) electrons. The minimum absolute atomic E-state index is 0.322. The Morgan fingerprint density at radius 3 is 2.73 bits per heavy atom. The van der Waals surface area contributed by atoms with Crippen LogP contribution in [0.2, 0.25) is 4.34 Å². The summed E-state index contributed by atoms with van der Waals surface area (Å²) >= 11 is 7.61. The van der Waals surface area contributed by atoms with Crippen LogP contribution >= 0.6 is 22.9 Å². The lowest BCUT2D eigenvalue weighted by Gasteiger charge is -2.22. The average molecular weight is 245 g/mol. The van der Waals surface area contributed by atoms with E-state index in [1.54, 1.807) is 11.3 Å². The fourth-order valence-corrected chi connectivity index (χ4v) is 3.23. The standard InChI is InChI=1S/C11H17ClN2S/c1-7-5-14(6-9(7)13)8(2)10-3-4-11(12)15-10/h3-4,7-9H,5-6,13H2,1-2H3. The molecule has 1 saturated heterocycles. The molecule has 1 aliphatic heterocycles. The zero-order chi connectivity index (χ0) is 11.0. The second kappa shape index (κ2) is 4.42. The van der Waals surface area contributed by atoms with Gasteiger partial charge in [-0.15, -0.1) is 11.3 Å². The number of nitrogens with zero attached hydrogens (tertiary/aromatic N) is 1. The van der Waals surface area contributed by atoms with Gasteiger partial charge >= 0.3 is 0 Å². The molecule has 1 aliphatic rings. The third-order valence-electron chi connectivity index (χ3n) is 3.25. The van der Waals surface area contributed by atoms with Crippen molar-refractivity contribution < 1.29 is 0 Å². The van der Waals surface area contributed by atoms with Crippen molar-refractivity contribution in [3.8, 4) is 0 Å². The van der Waals surface area contributed by atoms with Crippen LogP contribution in [0.4, 0.5) is 0 Å². The van der Waals surface area contributed by atoms with Gasteiger partial charge in [-0.25, -0.2) is 0 Å². The molecule has 0 saturated carbocycles. The van der Waals surface area contributed by atoms with E-state index >= 15 is 0 Å². The highest BCUT2D eigenvalue weighted by molar-refractivity contribution is 7.16. The van der Waals surface area contributed by atoms with Gasteiger partial charge in [-0.05, 0) is 25.0 Å². The normalized spacial score (nSPS) is 29.6. The molecule has 0 spiro atoms. The Balaban J connectivity index is 2.06. The van der Waals surface area contributed by atoms with Gasteiger partial charge in [0.25, 0.3) is 0 Å². The SMILES string of the molecule is CC1CN(C(C)c2ccc(Cl)s2)CC1N. The minimum Gasteiger partial charge on any atom is -0.326 e. The summed E-state index contributed by atoms with van der Waals surface area (Å²) in [5.74, 6) is 0.600. The second-order valence-corrected chi connectivity index (χ2v) is 6.16. The van der Waals surface area contributed by atoms with Crippen molar-refractivity contribution in [2.45, 2.75) is 25.9 Å². The molecule has 3 atom stereocenters. The highest BCUT2D eigenvalue weighted by Gasteiger charge is 2.30. The number of rotatable bonds is 2. The van der Waals surface area contributed by atoms with Gasteiger partial charge in [0, 0.05) is 30.1 Å². The first-order valence-electron chi connectivity index (χ1n) is 5.33. The van der Waals surface area contributed by atoms with Gasteiger partial charge in [0.1, 0.15) is 0 Å². The van der Waals surface area contributed by atoms with E-state index < -0.39 is 0 Å². The third kappa shape index (κ3) is 2.36. The molecule has 3 unspecified atom stereocenters. The first kappa shape index (κ1) is 11.4. The molecule has 2 heterocycles. The number of thiophene rings is 1. The Bertz CT molecular complexity index is 329. The molecule has 1 fully saturated rings. The van der Waals surface area contributed by atoms with Crippen molar-refractivity contribution >= 4 is 22.9 Å². The maximum Gasteiger partial charge on any atom is 0.0931 e. The molecule has 1 aromatic rings. The van der Waals surface area contributed by atoms with E-state index in [0.717, 1.165) is 17.4 Å². The maximum atomic E-state index is 6.03. The van der Waals surface area contributed by atoms with Gasteiger partial charge in [0.2, 0.25) is 0 Å². The molecule has 0 bridgehead atoms. The van der Waals surface area contributed by atoms with Crippen molar-refractivity contribution in [3.63, 3.8) is 0 Å². The van der Waals surface area contributed by atoms with E-state index in [4.69, 9.17) is 17.3 Å². The molecule has 0 aliphatic carbocycles. The summed E-state index contributed by atoms with van der Waals surface area (Å²) in [5, 5.41) is 0. The predicted molar refractivity (Wildman–Crippen MR) is 66.5 cm³/mol. The Morgan fingerprint density at radius 1 is 1.53 bits per heavy atom. The summed E-state index contributed by atoms with van der Waals surface area (Å²) in [4.78, 5) is 3.78. The summed E-state index contributed by atoms with van der Waals surface area (Å²) in [6.45, 7) is 6.54. The highest BCUT2D eigenvalue weighted by atomic mass is 35.5. The Kier molecular flexibility index (Phi) is 3.36. The summed E-state index contributed by atoms with van der Waals surface area (Å²) in [5.41, 5.74) is 6.03. The second-order valence-electron chi connectivity index (χ2n) is 4.41. The van der Waals surface area contributed by atoms with Crippen LogP contribution in [-0.4, -0.2) is 24.0 Å². The lowest BCUT2D eigenvalue weighted by Crippen LogP contribution is -2.29. The number of halogens is 1. The van der Waals surface area contributed by atoms with Crippen molar-refractivity contribution in [1.29, 1.82) is 0 Å². The van der Waals surface area contributed by atoms with E-state index in [2.05, 4.69) is 24.8 Å². The molecule has 2 nitrogen and oxygen atoms in total. The fraction of sp³-hybridized carbons (Fsp3) is 0.636. The fourth-order valence-electron chi connectivity index (χ4n) is 2.08. The summed E-state index contributed by atoms with van der Waals surface area (Å²) in [6.07, 6.45) is 0. The van der Waals surface area contributed by atoms with Gasteiger partial charge in [-0.3, -0.25) is 4.90 Å². The average Bonchev–Trinajstić information content (AvgIpc) is 2.74. The van der Waals surface area contributed by atoms with Gasteiger partial charge < -0.3 is 5.73 Å². The smallest absolute Gasteiger partial charge is 0.0931 e. The van der Waals surface area contributed by atoms with Crippen LogP contribution in [0.3, 0.4) is 0 Å². The summed E-state index contributed by atoms with van der Waals surface area (Å²) in [6, 6.07) is 4.85. The van der Waals surface area contributed by atoms with E-state index in [9.17, 15) is 0 Å². The number of likely N-dealkylation sites (tertiary alicyclic amines) is 1. The predicted octanol–water partition coefficient (Wildman–Crippen LogP) is 2.74. The number of hydrogen-bond acceptors (Lipinski definition) is 3. The topological polar surface area (TPSA) is 29.3 Å². The minimum atomic E-state index is 0.322.